The molecule has 4 N–H and O–H groups in total. The van der Waals surface area contributed by atoms with Gasteiger partial charge in [0.25, 0.3) is 0 Å². The number of nitrogens with one attached hydrogen (secondary N) is 4. The molecule has 0 radical (unpaired) electrons. The highest BCUT2D eigenvalue weighted by molar-refractivity contribution is 7.92. The minimum Gasteiger partial charge on any atom is -0.368 e. The van der Waals surface area contributed by atoms with Crippen molar-refractivity contribution in [3.05, 3.63) is 59.7 Å². The van der Waals surface area contributed by atoms with Gasteiger partial charge in [-0.05, 0) is 36.2 Å². The molecule has 0 spiro atoms. The first-order valence-electron chi connectivity index (χ1n) is 7.82. The maximum absolute atomic E-state index is 11.3. The quantitative estimate of drug-likeness (QED) is 0.668. The molecule has 0 aromatic heterocycles. The summed E-state index contributed by atoms with van der Waals surface area (Å²) in [4.78, 5) is 0. The Labute approximate surface area is 142 Å². The molecule has 1 aliphatic heterocycles. The molecule has 1 aliphatic rings. The fourth-order valence-electron chi connectivity index (χ4n) is 2.85. The van der Waals surface area contributed by atoms with Gasteiger partial charge in [-0.3, -0.25) is 4.72 Å². The van der Waals surface area contributed by atoms with Crippen molar-refractivity contribution in [2.45, 2.75) is 25.6 Å². The summed E-state index contributed by atoms with van der Waals surface area (Å²) in [7, 11) is -3.26. The lowest BCUT2D eigenvalue weighted by molar-refractivity contribution is 0.564. The van der Waals surface area contributed by atoms with Gasteiger partial charge in [0.2, 0.25) is 10.0 Å². The number of hydrazine groups is 1. The van der Waals surface area contributed by atoms with Gasteiger partial charge in [0.15, 0.2) is 0 Å². The van der Waals surface area contributed by atoms with Crippen molar-refractivity contribution < 1.29 is 8.42 Å². The minimum absolute atomic E-state index is 0.0997. The molecule has 1 saturated heterocycles. The number of sulfonamides is 1. The highest BCUT2D eigenvalue weighted by Crippen LogP contribution is 2.25. The second-order valence-corrected chi connectivity index (χ2v) is 7.84. The van der Waals surface area contributed by atoms with E-state index in [1.807, 2.05) is 37.3 Å². The van der Waals surface area contributed by atoms with E-state index in [0.717, 1.165) is 23.9 Å². The van der Waals surface area contributed by atoms with Crippen LogP contribution in [0.3, 0.4) is 0 Å². The van der Waals surface area contributed by atoms with Crippen LogP contribution >= 0.6 is 0 Å². The van der Waals surface area contributed by atoms with E-state index in [4.69, 9.17) is 0 Å². The Morgan fingerprint density at radius 3 is 2.50 bits per heavy atom. The van der Waals surface area contributed by atoms with Gasteiger partial charge in [-0.15, -0.1) is 0 Å². The Morgan fingerprint density at radius 1 is 1.08 bits per heavy atom. The second-order valence-electron chi connectivity index (χ2n) is 6.09. The molecule has 1 fully saturated rings. The molecule has 3 rings (SSSR count). The van der Waals surface area contributed by atoms with Crippen molar-refractivity contribution in [3.8, 4) is 0 Å². The zero-order valence-corrected chi connectivity index (χ0v) is 14.5. The van der Waals surface area contributed by atoms with Crippen LogP contribution in [0.15, 0.2) is 48.5 Å². The molecule has 2 unspecified atom stereocenters. The van der Waals surface area contributed by atoms with E-state index in [-0.39, 0.29) is 12.2 Å². The minimum atomic E-state index is -3.26. The summed E-state index contributed by atoms with van der Waals surface area (Å²) in [6.45, 7) is 1.95. The molecule has 6 nitrogen and oxygen atoms in total. The fraction of sp³-hybridized carbons (Fsp3) is 0.294. The van der Waals surface area contributed by atoms with Gasteiger partial charge in [0.1, 0.15) is 0 Å². The molecule has 7 heteroatoms. The largest absolute Gasteiger partial charge is 0.368 e. The molecule has 128 valence electrons. The van der Waals surface area contributed by atoms with Crippen LogP contribution in [0.1, 0.15) is 23.6 Å². The van der Waals surface area contributed by atoms with Gasteiger partial charge in [0.05, 0.1) is 12.4 Å². The van der Waals surface area contributed by atoms with Crippen LogP contribution in [-0.2, 0) is 10.0 Å². The van der Waals surface area contributed by atoms with E-state index in [9.17, 15) is 8.42 Å². The summed E-state index contributed by atoms with van der Waals surface area (Å²) in [5.74, 6) is 0. The van der Waals surface area contributed by atoms with Crippen molar-refractivity contribution in [3.63, 3.8) is 0 Å². The monoisotopic (exact) mass is 346 g/mol. The first-order chi connectivity index (χ1) is 11.4. The Morgan fingerprint density at radius 2 is 1.83 bits per heavy atom. The summed E-state index contributed by atoms with van der Waals surface area (Å²) < 4.78 is 25.1. The Bertz CT molecular complexity index is 809. The molecule has 0 aliphatic carbocycles. The number of hydrogen-bond acceptors (Lipinski definition) is 5. The van der Waals surface area contributed by atoms with Gasteiger partial charge in [-0.25, -0.2) is 19.3 Å². The van der Waals surface area contributed by atoms with Crippen LogP contribution in [0, 0.1) is 6.92 Å². The number of benzene rings is 2. The number of aryl methyl sites for hydroxylation is 1. The third-order valence-electron chi connectivity index (χ3n) is 3.96. The van der Waals surface area contributed by atoms with E-state index in [2.05, 4.69) is 33.0 Å². The van der Waals surface area contributed by atoms with Gasteiger partial charge >= 0.3 is 0 Å². The van der Waals surface area contributed by atoms with Crippen LogP contribution in [0.2, 0.25) is 0 Å². The zero-order chi connectivity index (χ0) is 17.2. The third kappa shape index (κ3) is 4.25. The SMILES string of the molecule is Cc1cc(NS(C)(=O)=O)ccc1NC1CC(c2ccccc2)NN1. The maximum Gasteiger partial charge on any atom is 0.229 e. The first kappa shape index (κ1) is 16.8. The number of rotatable bonds is 5. The number of anilines is 2. The Kier molecular flexibility index (Phi) is 4.75. The Hall–Kier alpha value is -2.09. The summed E-state index contributed by atoms with van der Waals surface area (Å²) in [5, 5.41) is 3.45. The van der Waals surface area contributed by atoms with Crippen molar-refractivity contribution in [2.24, 2.45) is 0 Å². The standard InChI is InChI=1S/C17H22N4O2S/c1-12-10-14(21-24(2,22)23)8-9-15(12)18-17-11-16(19-20-17)13-6-4-3-5-7-13/h3-10,16-21H,11H2,1-2H3. The van der Waals surface area contributed by atoms with Crippen LogP contribution in [0.5, 0.6) is 0 Å². The molecule has 0 amide bonds. The Balaban J connectivity index is 1.65. The predicted octanol–water partition coefficient (Wildman–Crippen LogP) is 2.34. The normalized spacial score (nSPS) is 20.8. The highest BCUT2D eigenvalue weighted by atomic mass is 32.2. The van der Waals surface area contributed by atoms with E-state index < -0.39 is 10.0 Å². The summed E-state index contributed by atoms with van der Waals surface area (Å²) in [5.41, 5.74) is 10.3. The van der Waals surface area contributed by atoms with Crippen LogP contribution in [0.25, 0.3) is 0 Å². The molecule has 2 aromatic rings. The van der Waals surface area contributed by atoms with Gasteiger partial charge in [0, 0.05) is 23.8 Å². The molecule has 24 heavy (non-hydrogen) atoms. The van der Waals surface area contributed by atoms with Crippen molar-refractivity contribution >= 4 is 21.4 Å². The molecule has 0 saturated carbocycles. The summed E-state index contributed by atoms with van der Waals surface area (Å²) >= 11 is 0. The van der Waals surface area contributed by atoms with Gasteiger partial charge < -0.3 is 5.32 Å². The van der Waals surface area contributed by atoms with Crippen molar-refractivity contribution in [1.82, 2.24) is 10.9 Å². The van der Waals surface area contributed by atoms with Crippen LogP contribution < -0.4 is 20.9 Å². The average Bonchev–Trinajstić information content (AvgIpc) is 2.98. The zero-order valence-electron chi connectivity index (χ0n) is 13.7. The first-order valence-corrected chi connectivity index (χ1v) is 9.71. The lowest BCUT2D eigenvalue weighted by Crippen LogP contribution is -2.36. The lowest BCUT2D eigenvalue weighted by Gasteiger charge is -2.16. The van der Waals surface area contributed by atoms with Gasteiger partial charge in [-0.2, -0.15) is 0 Å². The van der Waals surface area contributed by atoms with Crippen LogP contribution in [0.4, 0.5) is 11.4 Å². The molecular weight excluding hydrogens is 324 g/mol. The highest BCUT2D eigenvalue weighted by Gasteiger charge is 2.24. The third-order valence-corrected chi connectivity index (χ3v) is 4.57. The smallest absolute Gasteiger partial charge is 0.229 e. The topological polar surface area (TPSA) is 82.3 Å². The maximum atomic E-state index is 11.3. The van der Waals surface area contributed by atoms with E-state index >= 15 is 0 Å². The second kappa shape index (κ2) is 6.80. The van der Waals surface area contributed by atoms with Crippen molar-refractivity contribution in [2.75, 3.05) is 16.3 Å². The summed E-state index contributed by atoms with van der Waals surface area (Å²) in [6, 6.07) is 16.0. The molecule has 0 bridgehead atoms. The molecular formula is C17H22N4O2S. The fourth-order valence-corrected chi connectivity index (χ4v) is 3.40. The molecule has 2 aromatic carbocycles. The van der Waals surface area contributed by atoms with E-state index in [1.165, 1.54) is 5.56 Å². The summed E-state index contributed by atoms with van der Waals surface area (Å²) in [6.07, 6.45) is 2.15. The van der Waals surface area contributed by atoms with Crippen molar-refractivity contribution in [1.29, 1.82) is 0 Å². The average molecular weight is 346 g/mol. The predicted molar refractivity (Wildman–Crippen MR) is 97.1 cm³/mol. The van der Waals surface area contributed by atoms with Crippen LogP contribution in [-0.4, -0.2) is 20.8 Å². The number of hydrogen-bond donors (Lipinski definition) is 4. The van der Waals surface area contributed by atoms with E-state index in [0.29, 0.717) is 5.69 Å². The lowest BCUT2D eigenvalue weighted by atomic mass is 10.0. The molecule has 2 atom stereocenters. The van der Waals surface area contributed by atoms with E-state index in [1.54, 1.807) is 6.07 Å². The molecule has 1 heterocycles. The van der Waals surface area contributed by atoms with Gasteiger partial charge in [-0.1, -0.05) is 30.3 Å².